The summed E-state index contributed by atoms with van der Waals surface area (Å²) in [5.74, 6) is 0.704. The Bertz CT molecular complexity index is 968. The number of rotatable bonds is 2. The molecule has 3 fully saturated rings. The van der Waals surface area contributed by atoms with E-state index in [0.717, 1.165) is 61.9 Å². The summed E-state index contributed by atoms with van der Waals surface area (Å²) in [6, 6.07) is 2.08. The van der Waals surface area contributed by atoms with E-state index in [-0.39, 0.29) is 6.03 Å². The van der Waals surface area contributed by atoms with E-state index in [4.69, 9.17) is 25.7 Å². The molecule has 6 rings (SSSR count). The first kappa shape index (κ1) is 17.1. The Morgan fingerprint density at radius 3 is 2.93 bits per heavy atom. The van der Waals surface area contributed by atoms with Crippen LogP contribution in [0.2, 0.25) is 5.02 Å². The molecule has 4 aliphatic rings. The lowest BCUT2D eigenvalue weighted by Crippen LogP contribution is -2.52. The number of carbonyl (C=O) groups is 1. The fraction of sp³-hybridized carbons (Fsp3) is 0.600. The molecule has 1 spiro atoms. The second-order valence-corrected chi connectivity index (χ2v) is 8.97. The molecule has 1 aromatic carbocycles. The molecule has 4 heterocycles. The monoisotopic (exact) mass is 402 g/mol. The van der Waals surface area contributed by atoms with Crippen molar-refractivity contribution in [2.45, 2.75) is 62.8 Å². The van der Waals surface area contributed by atoms with Gasteiger partial charge in [0.15, 0.2) is 5.58 Å². The van der Waals surface area contributed by atoms with Gasteiger partial charge < -0.3 is 19.8 Å². The first-order valence-corrected chi connectivity index (χ1v) is 10.6. The number of likely N-dealkylation sites (tertiary alicyclic amines) is 1. The van der Waals surface area contributed by atoms with E-state index in [1.54, 1.807) is 0 Å². The molecule has 1 aromatic heterocycles. The third-order valence-corrected chi connectivity index (χ3v) is 7.10. The number of oxazole rings is 1. The number of fused-ring (bicyclic) bond motifs is 6. The molecular formula is C20H23ClN4O3. The fourth-order valence-corrected chi connectivity index (χ4v) is 5.77. The Morgan fingerprint density at radius 2 is 2.18 bits per heavy atom. The van der Waals surface area contributed by atoms with Crippen molar-refractivity contribution in [1.82, 2.24) is 15.2 Å². The summed E-state index contributed by atoms with van der Waals surface area (Å²) in [7, 11) is 0. The third kappa shape index (κ3) is 2.49. The first-order valence-electron chi connectivity index (χ1n) is 10.2. The van der Waals surface area contributed by atoms with Crippen LogP contribution in [0.3, 0.4) is 0 Å². The Morgan fingerprint density at radius 1 is 1.32 bits per heavy atom. The Hall–Kier alpha value is -1.83. The van der Waals surface area contributed by atoms with E-state index in [9.17, 15) is 4.79 Å². The largest absolute Gasteiger partial charge is 0.439 e. The van der Waals surface area contributed by atoms with Crippen LogP contribution < -0.4 is 10.6 Å². The van der Waals surface area contributed by atoms with Crippen LogP contribution in [-0.2, 0) is 16.8 Å². The number of morpholine rings is 1. The van der Waals surface area contributed by atoms with Crippen molar-refractivity contribution in [1.29, 1.82) is 0 Å². The molecule has 2 saturated heterocycles. The standard InChI is InChI=1S/C20H23ClN4O3/c21-13-7-14-18(28-15(22-14)9-25-8-12-6-11(25)10-27-12)16-17(13)23-19(26)24-20(16)4-2-1-3-5-20/h7,11-12H,1-6,8-10H2,(H2,23,24,26)/t11-,12-/m1/s1. The van der Waals surface area contributed by atoms with Gasteiger partial charge in [0.1, 0.15) is 5.52 Å². The van der Waals surface area contributed by atoms with Crippen molar-refractivity contribution in [3.63, 3.8) is 0 Å². The summed E-state index contributed by atoms with van der Waals surface area (Å²) in [6.07, 6.45) is 6.57. The van der Waals surface area contributed by atoms with E-state index in [0.29, 0.717) is 35.3 Å². The highest BCUT2D eigenvalue weighted by atomic mass is 35.5. The van der Waals surface area contributed by atoms with Gasteiger partial charge >= 0.3 is 6.03 Å². The van der Waals surface area contributed by atoms with E-state index in [2.05, 4.69) is 15.5 Å². The minimum absolute atomic E-state index is 0.191. The van der Waals surface area contributed by atoms with Crippen LogP contribution in [0.1, 0.15) is 50.0 Å². The number of ether oxygens (including phenoxy) is 1. The van der Waals surface area contributed by atoms with E-state index < -0.39 is 5.54 Å². The Kier molecular flexibility index (Phi) is 3.71. The molecule has 0 radical (unpaired) electrons. The highest BCUT2D eigenvalue weighted by molar-refractivity contribution is 6.35. The predicted molar refractivity (Wildman–Crippen MR) is 104 cm³/mol. The number of carbonyl (C=O) groups excluding carboxylic acids is 1. The Balaban J connectivity index is 1.45. The van der Waals surface area contributed by atoms with Gasteiger partial charge in [0.05, 0.1) is 35.5 Å². The van der Waals surface area contributed by atoms with Gasteiger partial charge in [0.25, 0.3) is 0 Å². The van der Waals surface area contributed by atoms with Crippen LogP contribution in [0.5, 0.6) is 0 Å². The van der Waals surface area contributed by atoms with E-state index >= 15 is 0 Å². The molecule has 2 aromatic rings. The van der Waals surface area contributed by atoms with Crippen molar-refractivity contribution in [3.8, 4) is 0 Å². The number of nitrogens with zero attached hydrogens (tertiary/aromatic N) is 2. The van der Waals surface area contributed by atoms with E-state index in [1.165, 1.54) is 6.42 Å². The number of nitrogens with one attached hydrogen (secondary N) is 2. The maximum Gasteiger partial charge on any atom is 0.319 e. The third-order valence-electron chi connectivity index (χ3n) is 6.81. The average molecular weight is 403 g/mol. The number of hydrogen-bond acceptors (Lipinski definition) is 5. The summed E-state index contributed by atoms with van der Waals surface area (Å²) >= 11 is 6.57. The van der Waals surface area contributed by atoms with Gasteiger partial charge in [0, 0.05) is 18.2 Å². The molecule has 2 amide bonds. The topological polar surface area (TPSA) is 79.6 Å². The fourth-order valence-electron chi connectivity index (χ4n) is 5.53. The van der Waals surface area contributed by atoms with Crippen molar-refractivity contribution in [2.24, 2.45) is 0 Å². The van der Waals surface area contributed by atoms with Gasteiger partial charge in [-0.1, -0.05) is 30.9 Å². The number of halogens is 1. The maximum atomic E-state index is 12.4. The SMILES string of the molecule is O=C1Nc2c(Cl)cc3nc(CN4C[C@H]5C[C@@H]4CO5)oc3c2C2(CCCCC2)N1. The first-order chi connectivity index (χ1) is 13.6. The molecule has 3 aliphatic heterocycles. The smallest absolute Gasteiger partial charge is 0.319 e. The molecule has 1 aliphatic carbocycles. The molecule has 7 nitrogen and oxygen atoms in total. The summed E-state index contributed by atoms with van der Waals surface area (Å²) in [5.41, 5.74) is 2.75. The molecule has 148 valence electrons. The minimum atomic E-state index is -0.420. The number of amides is 2. The quantitative estimate of drug-likeness (QED) is 0.799. The Labute approximate surface area is 167 Å². The van der Waals surface area contributed by atoms with Crippen molar-refractivity contribution in [2.75, 3.05) is 18.5 Å². The van der Waals surface area contributed by atoms with Crippen LogP contribution >= 0.6 is 11.6 Å². The number of anilines is 1. The van der Waals surface area contributed by atoms with Gasteiger partial charge in [-0.15, -0.1) is 0 Å². The second-order valence-electron chi connectivity index (χ2n) is 8.56. The molecule has 1 saturated carbocycles. The van der Waals surface area contributed by atoms with Gasteiger partial charge in [-0.25, -0.2) is 9.78 Å². The molecular weight excluding hydrogens is 380 g/mol. The summed E-state index contributed by atoms with van der Waals surface area (Å²) in [6.45, 7) is 2.41. The molecule has 2 N–H and O–H groups in total. The van der Waals surface area contributed by atoms with Crippen molar-refractivity contribution >= 4 is 34.4 Å². The number of benzene rings is 1. The van der Waals surface area contributed by atoms with Crippen LogP contribution in [0.15, 0.2) is 10.5 Å². The minimum Gasteiger partial charge on any atom is -0.439 e. The van der Waals surface area contributed by atoms with Crippen LogP contribution in [0.25, 0.3) is 11.1 Å². The van der Waals surface area contributed by atoms with Crippen LogP contribution in [-0.4, -0.2) is 41.2 Å². The zero-order valence-corrected chi connectivity index (χ0v) is 16.3. The zero-order valence-electron chi connectivity index (χ0n) is 15.6. The lowest BCUT2D eigenvalue weighted by atomic mass is 9.74. The molecule has 2 bridgehead atoms. The number of urea groups is 1. The lowest BCUT2D eigenvalue weighted by Gasteiger charge is -2.42. The molecule has 8 heteroatoms. The van der Waals surface area contributed by atoms with Gasteiger partial charge in [-0.05, 0) is 25.3 Å². The number of aromatic nitrogens is 1. The van der Waals surface area contributed by atoms with Crippen LogP contribution in [0, 0.1) is 0 Å². The summed E-state index contributed by atoms with van der Waals surface area (Å²) in [5, 5.41) is 6.61. The van der Waals surface area contributed by atoms with Crippen molar-refractivity contribution < 1.29 is 13.9 Å². The summed E-state index contributed by atoms with van der Waals surface area (Å²) < 4.78 is 12.0. The van der Waals surface area contributed by atoms with Gasteiger partial charge in [-0.3, -0.25) is 4.90 Å². The predicted octanol–water partition coefficient (Wildman–Crippen LogP) is 3.75. The molecule has 2 atom stereocenters. The van der Waals surface area contributed by atoms with E-state index in [1.807, 2.05) is 6.07 Å². The number of hydrogen-bond donors (Lipinski definition) is 2. The zero-order chi connectivity index (χ0) is 18.9. The lowest BCUT2D eigenvalue weighted by molar-refractivity contribution is 0.0243. The van der Waals surface area contributed by atoms with Gasteiger partial charge in [0.2, 0.25) is 5.89 Å². The normalized spacial score (nSPS) is 28.5. The highest BCUT2D eigenvalue weighted by Crippen LogP contribution is 2.48. The molecule has 28 heavy (non-hydrogen) atoms. The van der Waals surface area contributed by atoms with Gasteiger partial charge in [-0.2, -0.15) is 0 Å². The maximum absolute atomic E-state index is 12.4. The van der Waals surface area contributed by atoms with Crippen LogP contribution in [0.4, 0.5) is 10.5 Å². The summed E-state index contributed by atoms with van der Waals surface area (Å²) in [4.78, 5) is 19.5. The average Bonchev–Trinajstić information content (AvgIpc) is 3.38. The molecule has 0 unspecified atom stereocenters. The second kappa shape index (κ2) is 6.08. The highest BCUT2D eigenvalue weighted by Gasteiger charge is 2.44. The van der Waals surface area contributed by atoms with Crippen molar-refractivity contribution in [3.05, 3.63) is 22.5 Å².